The molecular weight excluding hydrogens is 126 g/mol. The Labute approximate surface area is 54.2 Å². The van der Waals surface area contributed by atoms with Gasteiger partial charge in [0.2, 0.25) is 0 Å². The van der Waals surface area contributed by atoms with E-state index in [0.717, 1.165) is 0 Å². The van der Waals surface area contributed by atoms with E-state index < -0.39 is 6.10 Å². The Morgan fingerprint density at radius 1 is 1.88 bits per heavy atom. The Morgan fingerprint density at radius 3 is 2.88 bits per heavy atom. The van der Waals surface area contributed by atoms with Gasteiger partial charge in [0, 0.05) is 0 Å². The fourth-order valence-electron chi connectivity index (χ4n) is 0.276. The third kappa shape index (κ3) is 4.09. The standard InChI is InChI=1S/C5H10ClNO/c1-2-7-4-5(8)3-6/h2,5,8H,3-4H2,1H3/t5-/m1/s1. The van der Waals surface area contributed by atoms with Gasteiger partial charge in [-0.25, -0.2) is 0 Å². The number of aliphatic hydroxyl groups excluding tert-OH is 1. The summed E-state index contributed by atoms with van der Waals surface area (Å²) < 4.78 is 0. The summed E-state index contributed by atoms with van der Waals surface area (Å²) in [5, 5.41) is 8.74. The molecule has 0 rings (SSSR count). The highest BCUT2D eigenvalue weighted by Crippen LogP contribution is 1.86. The zero-order valence-corrected chi connectivity index (χ0v) is 5.60. The molecule has 8 heavy (non-hydrogen) atoms. The Kier molecular flexibility index (Phi) is 5.01. The maximum Gasteiger partial charge on any atom is 0.0870 e. The van der Waals surface area contributed by atoms with Crippen molar-refractivity contribution in [2.24, 2.45) is 4.99 Å². The van der Waals surface area contributed by atoms with E-state index >= 15 is 0 Å². The molecule has 0 saturated carbocycles. The van der Waals surface area contributed by atoms with Gasteiger partial charge >= 0.3 is 0 Å². The average molecular weight is 136 g/mol. The summed E-state index contributed by atoms with van der Waals surface area (Å²) in [4.78, 5) is 3.78. The minimum atomic E-state index is -0.479. The summed E-state index contributed by atoms with van der Waals surface area (Å²) in [6.45, 7) is 2.22. The minimum absolute atomic E-state index is 0.261. The molecule has 0 spiro atoms. The molecule has 0 aliphatic heterocycles. The predicted octanol–water partition coefficient (Wildman–Crippen LogP) is 0.677. The van der Waals surface area contributed by atoms with E-state index in [1.165, 1.54) is 0 Å². The summed E-state index contributed by atoms with van der Waals surface area (Å²) in [5.41, 5.74) is 0. The predicted molar refractivity (Wildman–Crippen MR) is 35.8 cm³/mol. The third-order valence-electron chi connectivity index (χ3n) is 0.677. The number of nitrogens with zero attached hydrogens (tertiary/aromatic N) is 1. The maximum absolute atomic E-state index is 8.74. The SMILES string of the molecule is CC=NC[C@H](O)CCl. The second kappa shape index (κ2) is 5.06. The molecule has 48 valence electrons. The number of alkyl halides is 1. The molecule has 0 aromatic carbocycles. The van der Waals surface area contributed by atoms with Gasteiger partial charge in [0.1, 0.15) is 0 Å². The molecular formula is C5H10ClNO. The molecule has 0 saturated heterocycles. The lowest BCUT2D eigenvalue weighted by atomic mass is 10.4. The molecule has 3 heteroatoms. The molecule has 1 atom stereocenters. The summed E-state index contributed by atoms with van der Waals surface area (Å²) in [7, 11) is 0. The summed E-state index contributed by atoms with van der Waals surface area (Å²) >= 11 is 5.26. The van der Waals surface area contributed by atoms with Crippen molar-refractivity contribution in [3.8, 4) is 0 Å². The number of aliphatic hydroxyl groups is 1. The van der Waals surface area contributed by atoms with E-state index in [0.29, 0.717) is 6.54 Å². The van der Waals surface area contributed by atoms with Crippen molar-refractivity contribution in [1.82, 2.24) is 0 Å². The van der Waals surface area contributed by atoms with Gasteiger partial charge in [-0.3, -0.25) is 4.99 Å². The summed E-state index contributed by atoms with van der Waals surface area (Å²) in [6.07, 6.45) is 1.17. The molecule has 0 bridgehead atoms. The zero-order valence-electron chi connectivity index (χ0n) is 4.84. The monoisotopic (exact) mass is 135 g/mol. The second-order valence-electron chi connectivity index (χ2n) is 1.43. The second-order valence-corrected chi connectivity index (χ2v) is 1.74. The Balaban J connectivity index is 3.10. The molecule has 0 amide bonds. The van der Waals surface area contributed by atoms with Gasteiger partial charge < -0.3 is 5.11 Å². The van der Waals surface area contributed by atoms with Crippen molar-refractivity contribution in [2.75, 3.05) is 12.4 Å². The van der Waals surface area contributed by atoms with Crippen LogP contribution < -0.4 is 0 Å². The highest BCUT2D eigenvalue weighted by molar-refractivity contribution is 6.18. The molecule has 0 aliphatic carbocycles. The van der Waals surface area contributed by atoms with Gasteiger partial charge in [-0.05, 0) is 13.1 Å². The van der Waals surface area contributed by atoms with Crippen LogP contribution in [0.1, 0.15) is 6.92 Å². The lowest BCUT2D eigenvalue weighted by Gasteiger charge is -1.98. The van der Waals surface area contributed by atoms with E-state index in [4.69, 9.17) is 16.7 Å². The van der Waals surface area contributed by atoms with Crippen LogP contribution in [0.15, 0.2) is 4.99 Å². The number of hydrogen-bond donors (Lipinski definition) is 1. The highest BCUT2D eigenvalue weighted by Gasteiger charge is 1.96. The average Bonchev–Trinajstić information content (AvgIpc) is 1.83. The fourth-order valence-corrected chi connectivity index (χ4v) is 0.373. The molecule has 0 aromatic heterocycles. The van der Waals surface area contributed by atoms with Crippen molar-refractivity contribution >= 4 is 17.8 Å². The van der Waals surface area contributed by atoms with E-state index in [-0.39, 0.29) is 5.88 Å². The number of hydrogen-bond acceptors (Lipinski definition) is 2. The maximum atomic E-state index is 8.74. The van der Waals surface area contributed by atoms with Crippen LogP contribution in [0.3, 0.4) is 0 Å². The van der Waals surface area contributed by atoms with E-state index in [1.54, 1.807) is 13.1 Å². The first-order chi connectivity index (χ1) is 3.81. The van der Waals surface area contributed by atoms with Gasteiger partial charge in [0.25, 0.3) is 0 Å². The molecule has 0 fully saturated rings. The number of rotatable bonds is 3. The van der Waals surface area contributed by atoms with Crippen molar-refractivity contribution in [2.45, 2.75) is 13.0 Å². The summed E-state index contributed by atoms with van der Waals surface area (Å²) in [5.74, 6) is 0.261. The number of aliphatic imine (C=N–C) groups is 1. The zero-order chi connectivity index (χ0) is 6.41. The Bertz CT molecular complexity index is 74.8. The third-order valence-corrected chi connectivity index (χ3v) is 1.03. The molecule has 2 nitrogen and oxygen atoms in total. The van der Waals surface area contributed by atoms with Crippen LogP contribution in [0.4, 0.5) is 0 Å². The smallest absolute Gasteiger partial charge is 0.0870 e. The topological polar surface area (TPSA) is 32.6 Å². The van der Waals surface area contributed by atoms with Gasteiger partial charge in [0.05, 0.1) is 18.5 Å². The van der Waals surface area contributed by atoms with Crippen LogP contribution >= 0.6 is 11.6 Å². The van der Waals surface area contributed by atoms with Crippen molar-refractivity contribution in [3.05, 3.63) is 0 Å². The van der Waals surface area contributed by atoms with Crippen LogP contribution in [0.5, 0.6) is 0 Å². The fraction of sp³-hybridized carbons (Fsp3) is 0.800. The first kappa shape index (κ1) is 7.92. The molecule has 0 heterocycles. The van der Waals surface area contributed by atoms with E-state index in [1.807, 2.05) is 0 Å². The van der Waals surface area contributed by atoms with Crippen LogP contribution in [0.2, 0.25) is 0 Å². The van der Waals surface area contributed by atoms with Crippen LogP contribution in [-0.4, -0.2) is 29.8 Å². The summed E-state index contributed by atoms with van der Waals surface area (Å²) in [6, 6.07) is 0. The largest absolute Gasteiger partial charge is 0.390 e. The molecule has 0 aliphatic rings. The van der Waals surface area contributed by atoms with Gasteiger partial charge in [0.15, 0.2) is 0 Å². The quantitative estimate of drug-likeness (QED) is 0.448. The lowest BCUT2D eigenvalue weighted by molar-refractivity contribution is 0.207. The molecule has 0 aromatic rings. The van der Waals surface area contributed by atoms with Gasteiger partial charge in [-0.1, -0.05) is 0 Å². The molecule has 0 unspecified atom stereocenters. The first-order valence-electron chi connectivity index (χ1n) is 2.49. The van der Waals surface area contributed by atoms with Gasteiger partial charge in [-0.2, -0.15) is 0 Å². The van der Waals surface area contributed by atoms with Crippen molar-refractivity contribution in [1.29, 1.82) is 0 Å². The van der Waals surface area contributed by atoms with Crippen LogP contribution in [-0.2, 0) is 0 Å². The molecule has 1 N–H and O–H groups in total. The Hall–Kier alpha value is -0.0800. The normalized spacial score (nSPS) is 14.9. The van der Waals surface area contributed by atoms with E-state index in [2.05, 4.69) is 4.99 Å². The minimum Gasteiger partial charge on any atom is -0.390 e. The van der Waals surface area contributed by atoms with Gasteiger partial charge in [-0.15, -0.1) is 11.6 Å². The molecule has 0 radical (unpaired) electrons. The number of halogens is 1. The van der Waals surface area contributed by atoms with Crippen molar-refractivity contribution < 1.29 is 5.11 Å². The lowest BCUT2D eigenvalue weighted by Crippen LogP contribution is -2.11. The highest BCUT2D eigenvalue weighted by atomic mass is 35.5. The van der Waals surface area contributed by atoms with E-state index in [9.17, 15) is 0 Å². The van der Waals surface area contributed by atoms with Crippen LogP contribution in [0.25, 0.3) is 0 Å². The first-order valence-corrected chi connectivity index (χ1v) is 3.03. The van der Waals surface area contributed by atoms with Crippen LogP contribution in [0, 0.1) is 0 Å². The Morgan fingerprint density at radius 2 is 2.50 bits per heavy atom. The van der Waals surface area contributed by atoms with Crippen molar-refractivity contribution in [3.63, 3.8) is 0 Å².